The molecule has 0 spiro atoms. The molecule has 0 aromatic heterocycles. The molecule has 194 valence electrons. The summed E-state index contributed by atoms with van der Waals surface area (Å²) in [5.41, 5.74) is 2.58. The van der Waals surface area contributed by atoms with Crippen molar-refractivity contribution in [2.45, 2.75) is 60.5 Å². The number of hydrogen-bond donors (Lipinski definition) is 2. The molecule has 0 radical (unpaired) electrons. The Hall–Kier alpha value is -1.98. The highest BCUT2D eigenvalue weighted by Gasteiger charge is 2.42. The molecule has 0 heterocycles. The Bertz CT molecular complexity index is 1160. The molecule has 3 rings (SSSR count). The number of hydrogen-bond acceptors (Lipinski definition) is 3. The van der Waals surface area contributed by atoms with Crippen molar-refractivity contribution >= 4 is 25.3 Å². The van der Waals surface area contributed by atoms with E-state index in [4.69, 9.17) is 4.74 Å². The third-order valence-electron chi connectivity index (χ3n) is 6.76. The van der Waals surface area contributed by atoms with Gasteiger partial charge in [-0.2, -0.15) is 34.0 Å². The summed E-state index contributed by atoms with van der Waals surface area (Å²) in [7, 11) is 0. The van der Waals surface area contributed by atoms with E-state index < -0.39 is 16.9 Å². The molecule has 36 heavy (non-hydrogen) atoms. The van der Waals surface area contributed by atoms with Crippen molar-refractivity contribution in [3.63, 3.8) is 0 Å². The number of alkyl halides is 2. The van der Waals surface area contributed by atoms with Crippen LogP contribution in [0.2, 0.25) is 0 Å². The molecular weight excluding hydrogens is 490 g/mol. The van der Waals surface area contributed by atoms with E-state index in [0.29, 0.717) is 12.2 Å². The molecule has 0 aromatic rings. The largest absolute Gasteiger partial charge is 0.429 e. The van der Waals surface area contributed by atoms with Crippen molar-refractivity contribution in [3.8, 4) is 0 Å². The normalized spacial score (nSPS) is 28.1. The maximum absolute atomic E-state index is 15.8. The lowest BCUT2D eigenvalue weighted by Gasteiger charge is -2.33. The highest BCUT2D eigenvalue weighted by Crippen LogP contribution is 2.48. The molecule has 0 bridgehead atoms. The Morgan fingerprint density at radius 3 is 2.31 bits per heavy atom. The zero-order chi connectivity index (χ0) is 26.8. The summed E-state index contributed by atoms with van der Waals surface area (Å²) in [4.78, 5) is 0. The van der Waals surface area contributed by atoms with Gasteiger partial charge in [0.25, 0.3) is 0 Å². The second kappa shape index (κ2) is 10.8. The minimum atomic E-state index is -3.51. The smallest absolute Gasteiger partial charge is 0.426 e. The lowest BCUT2D eigenvalue weighted by Crippen LogP contribution is -2.26. The predicted octanol–water partition coefficient (Wildman–Crippen LogP) is 9.50. The highest BCUT2D eigenvalue weighted by molar-refractivity contribution is 7.83. The van der Waals surface area contributed by atoms with Crippen LogP contribution in [-0.4, -0.2) is 11.9 Å². The fourth-order valence-electron chi connectivity index (χ4n) is 5.24. The Morgan fingerprint density at radius 2 is 1.64 bits per heavy atom. The first-order valence-electron chi connectivity index (χ1n) is 12.3. The van der Waals surface area contributed by atoms with Crippen LogP contribution in [0.1, 0.15) is 54.4 Å². The molecule has 0 saturated heterocycles. The van der Waals surface area contributed by atoms with E-state index in [1.54, 1.807) is 29.7 Å². The van der Waals surface area contributed by atoms with Gasteiger partial charge in [-0.15, -0.1) is 0 Å². The minimum absolute atomic E-state index is 0.152. The summed E-state index contributed by atoms with van der Waals surface area (Å²) < 4.78 is 36.9. The summed E-state index contributed by atoms with van der Waals surface area (Å²) in [5, 5.41) is 1.75. The van der Waals surface area contributed by atoms with Gasteiger partial charge < -0.3 is 4.74 Å². The average Bonchev–Trinajstić information content (AvgIpc) is 3.03. The SMILES string of the molecule is CC1=CC(C)(C)C=C(OC(F)(F)C2=CC(C)(CCS)C3=CC(C)(C/C=C/S)C=C(C)C=C3C=C2)C=C1. The summed E-state index contributed by atoms with van der Waals surface area (Å²) >= 11 is 8.72. The van der Waals surface area contributed by atoms with Crippen LogP contribution >= 0.6 is 25.3 Å². The summed E-state index contributed by atoms with van der Waals surface area (Å²) in [6.45, 7) is 12.1. The fourth-order valence-corrected chi connectivity index (χ4v) is 5.81. The number of halogens is 2. The van der Waals surface area contributed by atoms with Crippen molar-refractivity contribution in [2.75, 3.05) is 5.75 Å². The van der Waals surface area contributed by atoms with E-state index in [1.807, 2.05) is 45.9 Å². The minimum Gasteiger partial charge on any atom is -0.429 e. The molecular formula is C31H38F2OS2. The fraction of sp³-hybridized carbons (Fsp3) is 0.419. The zero-order valence-corrected chi connectivity index (χ0v) is 23.9. The van der Waals surface area contributed by atoms with Crippen LogP contribution in [0.4, 0.5) is 8.78 Å². The second-order valence-corrected chi connectivity index (χ2v) is 11.9. The van der Waals surface area contributed by atoms with Crippen molar-refractivity contribution in [1.29, 1.82) is 0 Å². The van der Waals surface area contributed by atoms with Crippen LogP contribution in [0.3, 0.4) is 0 Å². The van der Waals surface area contributed by atoms with Crippen molar-refractivity contribution in [3.05, 3.63) is 106 Å². The number of rotatable bonds is 7. The van der Waals surface area contributed by atoms with E-state index in [-0.39, 0.29) is 16.7 Å². The third-order valence-corrected chi connectivity index (χ3v) is 7.19. The molecule has 0 aromatic carbocycles. The molecule has 1 nitrogen and oxygen atoms in total. The number of fused-ring (bicyclic) bond motifs is 1. The lowest BCUT2D eigenvalue weighted by molar-refractivity contribution is -0.177. The van der Waals surface area contributed by atoms with Gasteiger partial charge in [0, 0.05) is 16.2 Å². The monoisotopic (exact) mass is 528 g/mol. The first kappa shape index (κ1) is 28.6. The Morgan fingerprint density at radius 1 is 0.917 bits per heavy atom. The van der Waals surface area contributed by atoms with Gasteiger partial charge in [-0.25, -0.2) is 0 Å². The van der Waals surface area contributed by atoms with Gasteiger partial charge in [0.05, 0.1) is 5.57 Å². The highest BCUT2D eigenvalue weighted by atomic mass is 32.1. The maximum atomic E-state index is 15.8. The number of ether oxygens (including phenoxy) is 1. The quantitative estimate of drug-likeness (QED) is 0.313. The average molecular weight is 529 g/mol. The number of allylic oxidation sites excluding steroid dienone is 14. The van der Waals surface area contributed by atoms with Crippen molar-refractivity contribution < 1.29 is 13.5 Å². The zero-order valence-electron chi connectivity index (χ0n) is 22.1. The van der Waals surface area contributed by atoms with Gasteiger partial charge in [-0.05, 0) is 67.2 Å². The summed E-state index contributed by atoms with van der Waals surface area (Å²) in [6.07, 6.45) is 18.6. The second-order valence-electron chi connectivity index (χ2n) is 11.2. The molecule has 0 N–H and O–H groups in total. The standard InChI is InChI=1S/C31H38F2OS2/c1-22-8-11-26(20-28(3,4)17-22)34-31(32,33)25-10-9-24-16-23(2)18-29(5,12-7-14-35)21-27(24)30(6,19-25)13-15-36/h7-11,14,16-21,35-36H,12-13,15H2,1-6H3/b14-7+. The Balaban J connectivity index is 2.10. The van der Waals surface area contributed by atoms with Crippen LogP contribution in [-0.2, 0) is 4.74 Å². The molecule has 0 amide bonds. The Labute approximate surface area is 226 Å². The van der Waals surface area contributed by atoms with Crippen LogP contribution in [0, 0.1) is 16.2 Å². The first-order chi connectivity index (χ1) is 16.7. The molecule has 0 saturated carbocycles. The van der Waals surface area contributed by atoms with Gasteiger partial charge in [0.1, 0.15) is 5.76 Å². The molecule has 5 heteroatoms. The number of thiol groups is 2. The Kier molecular flexibility index (Phi) is 8.57. The van der Waals surface area contributed by atoms with E-state index in [9.17, 15) is 0 Å². The van der Waals surface area contributed by atoms with Crippen LogP contribution in [0.25, 0.3) is 0 Å². The van der Waals surface area contributed by atoms with E-state index in [1.165, 1.54) is 6.08 Å². The predicted molar refractivity (Wildman–Crippen MR) is 155 cm³/mol. The summed E-state index contributed by atoms with van der Waals surface area (Å²) in [6, 6.07) is 0. The van der Waals surface area contributed by atoms with Gasteiger partial charge in [0.2, 0.25) is 0 Å². The molecule has 2 unspecified atom stereocenters. The molecule has 0 aliphatic heterocycles. The first-order valence-corrected chi connectivity index (χ1v) is 13.5. The lowest BCUT2D eigenvalue weighted by atomic mass is 9.72. The molecule has 3 aliphatic carbocycles. The maximum Gasteiger partial charge on any atom is 0.426 e. The van der Waals surface area contributed by atoms with Gasteiger partial charge in [0.15, 0.2) is 0 Å². The molecule has 3 aliphatic rings. The van der Waals surface area contributed by atoms with Crippen LogP contribution in [0.5, 0.6) is 0 Å². The van der Waals surface area contributed by atoms with Crippen LogP contribution < -0.4 is 0 Å². The third kappa shape index (κ3) is 6.86. The van der Waals surface area contributed by atoms with Gasteiger partial charge in [-0.1, -0.05) is 87.4 Å². The van der Waals surface area contributed by atoms with Crippen molar-refractivity contribution in [1.82, 2.24) is 0 Å². The van der Waals surface area contributed by atoms with Crippen LogP contribution in [0.15, 0.2) is 106 Å². The summed E-state index contributed by atoms with van der Waals surface area (Å²) in [5.74, 6) is 0.717. The molecule has 2 atom stereocenters. The van der Waals surface area contributed by atoms with E-state index >= 15 is 8.78 Å². The van der Waals surface area contributed by atoms with Crippen molar-refractivity contribution in [2.24, 2.45) is 16.2 Å². The topological polar surface area (TPSA) is 9.23 Å². The van der Waals surface area contributed by atoms with Gasteiger partial charge >= 0.3 is 6.11 Å². The molecule has 0 fully saturated rings. The van der Waals surface area contributed by atoms with E-state index in [0.717, 1.165) is 28.7 Å². The van der Waals surface area contributed by atoms with E-state index in [2.05, 4.69) is 57.3 Å². The van der Waals surface area contributed by atoms with Gasteiger partial charge in [-0.3, -0.25) is 0 Å².